The van der Waals surface area contributed by atoms with Gasteiger partial charge in [-0.05, 0) is 18.6 Å². The van der Waals surface area contributed by atoms with Crippen molar-refractivity contribution in [3.05, 3.63) is 57.8 Å². The van der Waals surface area contributed by atoms with E-state index in [1.54, 1.807) is 6.92 Å². The Morgan fingerprint density at radius 3 is 2.95 bits per heavy atom. The van der Waals surface area contributed by atoms with E-state index in [1.165, 1.54) is 0 Å². The average Bonchev–Trinajstić information content (AvgIpc) is 2.80. The van der Waals surface area contributed by atoms with Crippen molar-refractivity contribution < 1.29 is 5.11 Å². The Hall–Kier alpha value is -2.56. The molecule has 0 fully saturated rings. The van der Waals surface area contributed by atoms with Crippen LogP contribution in [0.25, 0.3) is 10.9 Å². The van der Waals surface area contributed by atoms with E-state index in [1.807, 2.05) is 30.5 Å². The maximum atomic E-state index is 11.8. The second-order valence-electron chi connectivity index (χ2n) is 4.50. The molecule has 0 aliphatic heterocycles. The number of aromatic amines is 2. The fourth-order valence-corrected chi connectivity index (χ4v) is 2.14. The first-order chi connectivity index (χ1) is 9.15. The Bertz CT molecular complexity index is 802. The fourth-order valence-electron chi connectivity index (χ4n) is 2.14. The van der Waals surface area contributed by atoms with E-state index in [-0.39, 0.29) is 11.4 Å². The van der Waals surface area contributed by atoms with Crippen LogP contribution in [0.5, 0.6) is 5.88 Å². The summed E-state index contributed by atoms with van der Waals surface area (Å²) in [5.41, 5.74) is 2.43. The molecule has 3 aromatic rings. The van der Waals surface area contributed by atoms with E-state index in [0.29, 0.717) is 17.8 Å². The number of hydrogen-bond donors (Lipinski definition) is 3. The fraction of sp³-hybridized carbons (Fsp3) is 0.143. The van der Waals surface area contributed by atoms with Gasteiger partial charge in [-0.15, -0.1) is 0 Å². The first-order valence-corrected chi connectivity index (χ1v) is 5.99. The van der Waals surface area contributed by atoms with E-state index in [4.69, 9.17) is 0 Å². The lowest BCUT2D eigenvalue weighted by Crippen LogP contribution is -2.16. The van der Waals surface area contributed by atoms with Crippen molar-refractivity contribution >= 4 is 10.9 Å². The molecule has 5 heteroatoms. The second-order valence-corrected chi connectivity index (χ2v) is 4.50. The first-order valence-electron chi connectivity index (χ1n) is 5.99. The zero-order valence-electron chi connectivity index (χ0n) is 10.4. The van der Waals surface area contributed by atoms with Gasteiger partial charge >= 0.3 is 0 Å². The van der Waals surface area contributed by atoms with Crippen molar-refractivity contribution in [1.82, 2.24) is 15.0 Å². The van der Waals surface area contributed by atoms with Gasteiger partial charge in [0.25, 0.3) is 5.56 Å². The highest BCUT2D eigenvalue weighted by Crippen LogP contribution is 2.19. The van der Waals surface area contributed by atoms with E-state index in [9.17, 15) is 9.90 Å². The summed E-state index contributed by atoms with van der Waals surface area (Å²) in [6, 6.07) is 7.86. The van der Waals surface area contributed by atoms with Gasteiger partial charge in [0.15, 0.2) is 0 Å². The number of fused-ring (bicyclic) bond motifs is 1. The zero-order chi connectivity index (χ0) is 13.4. The molecule has 0 aliphatic rings. The Kier molecular flexibility index (Phi) is 2.59. The van der Waals surface area contributed by atoms with E-state index in [2.05, 4.69) is 15.0 Å². The smallest absolute Gasteiger partial charge is 0.270 e. The molecule has 2 aromatic heterocycles. The summed E-state index contributed by atoms with van der Waals surface area (Å²) in [7, 11) is 0. The van der Waals surface area contributed by atoms with Gasteiger partial charge in [0.2, 0.25) is 5.88 Å². The molecular formula is C14H13N3O2. The minimum Gasteiger partial charge on any atom is -0.492 e. The number of hydrogen-bond acceptors (Lipinski definition) is 3. The number of aromatic nitrogens is 3. The number of nitrogens with zero attached hydrogens (tertiary/aromatic N) is 1. The molecule has 96 valence electrons. The Morgan fingerprint density at radius 2 is 2.11 bits per heavy atom. The summed E-state index contributed by atoms with van der Waals surface area (Å²) in [5, 5.41) is 10.6. The van der Waals surface area contributed by atoms with Crippen molar-refractivity contribution in [3.63, 3.8) is 0 Å². The van der Waals surface area contributed by atoms with Crippen LogP contribution in [0.1, 0.15) is 17.0 Å². The molecule has 0 saturated carbocycles. The summed E-state index contributed by atoms with van der Waals surface area (Å²) in [6.07, 6.45) is 2.25. The monoisotopic (exact) mass is 255 g/mol. The van der Waals surface area contributed by atoms with Crippen molar-refractivity contribution in [2.75, 3.05) is 0 Å². The third-order valence-electron chi connectivity index (χ3n) is 3.17. The summed E-state index contributed by atoms with van der Waals surface area (Å²) in [4.78, 5) is 21.5. The molecule has 19 heavy (non-hydrogen) atoms. The molecule has 0 saturated heterocycles. The van der Waals surface area contributed by atoms with Crippen LogP contribution in [0.3, 0.4) is 0 Å². The normalized spacial score (nSPS) is 11.0. The number of para-hydroxylation sites is 1. The standard InChI is InChI=1S/C14H13N3O2/c1-8-13(18)17-12(14(19)16-8)6-9-7-15-11-5-3-2-4-10(9)11/h2-5,7,15H,6H2,1H3,(H,16,19)(H,17,18). The number of rotatable bonds is 2. The Labute approximate surface area is 109 Å². The van der Waals surface area contributed by atoms with Gasteiger partial charge in [0.05, 0.1) is 5.69 Å². The predicted octanol–water partition coefficient (Wildman–Crippen LogP) is 1.86. The van der Waals surface area contributed by atoms with Gasteiger partial charge in [-0.2, -0.15) is 0 Å². The van der Waals surface area contributed by atoms with Crippen LogP contribution >= 0.6 is 0 Å². The van der Waals surface area contributed by atoms with E-state index in [0.717, 1.165) is 16.5 Å². The average molecular weight is 255 g/mol. The summed E-state index contributed by atoms with van der Waals surface area (Å²) >= 11 is 0. The Balaban J connectivity index is 2.06. The molecule has 3 N–H and O–H groups in total. The molecule has 0 amide bonds. The van der Waals surface area contributed by atoms with Gasteiger partial charge in [-0.3, -0.25) is 4.79 Å². The van der Waals surface area contributed by atoms with Crippen molar-refractivity contribution in [1.29, 1.82) is 0 Å². The highest BCUT2D eigenvalue weighted by Gasteiger charge is 2.10. The molecular weight excluding hydrogens is 242 g/mol. The summed E-state index contributed by atoms with van der Waals surface area (Å²) in [6.45, 7) is 1.61. The lowest BCUT2D eigenvalue weighted by molar-refractivity contribution is 0.442. The van der Waals surface area contributed by atoms with Crippen LogP contribution in [0.4, 0.5) is 0 Å². The summed E-state index contributed by atoms with van der Waals surface area (Å²) < 4.78 is 0. The van der Waals surface area contributed by atoms with Gasteiger partial charge in [0.1, 0.15) is 5.69 Å². The molecule has 0 spiro atoms. The maximum Gasteiger partial charge on any atom is 0.270 e. The zero-order valence-corrected chi connectivity index (χ0v) is 10.4. The highest BCUT2D eigenvalue weighted by molar-refractivity contribution is 5.83. The molecule has 1 aromatic carbocycles. The number of H-pyrrole nitrogens is 2. The summed E-state index contributed by atoms with van der Waals surface area (Å²) in [5.74, 6) is -0.130. The quantitative estimate of drug-likeness (QED) is 0.653. The molecule has 3 rings (SSSR count). The van der Waals surface area contributed by atoms with Gasteiger partial charge < -0.3 is 15.1 Å². The van der Waals surface area contributed by atoms with Crippen LogP contribution in [-0.4, -0.2) is 20.1 Å². The molecule has 0 unspecified atom stereocenters. The number of aromatic hydroxyl groups is 1. The third-order valence-corrected chi connectivity index (χ3v) is 3.17. The number of aryl methyl sites for hydroxylation is 1. The van der Waals surface area contributed by atoms with Crippen LogP contribution < -0.4 is 5.56 Å². The van der Waals surface area contributed by atoms with Crippen molar-refractivity contribution in [3.8, 4) is 5.88 Å². The Morgan fingerprint density at radius 1 is 1.32 bits per heavy atom. The highest BCUT2D eigenvalue weighted by atomic mass is 16.3. The molecule has 0 bridgehead atoms. The topological polar surface area (TPSA) is 81.8 Å². The maximum absolute atomic E-state index is 11.8. The molecule has 2 heterocycles. The van der Waals surface area contributed by atoms with Crippen LogP contribution in [0, 0.1) is 6.92 Å². The predicted molar refractivity (Wildman–Crippen MR) is 72.4 cm³/mol. The lowest BCUT2D eigenvalue weighted by atomic mass is 10.1. The van der Waals surface area contributed by atoms with Crippen molar-refractivity contribution in [2.45, 2.75) is 13.3 Å². The van der Waals surface area contributed by atoms with Crippen LogP contribution in [0.15, 0.2) is 35.3 Å². The molecule has 0 atom stereocenters. The molecule has 5 nitrogen and oxygen atoms in total. The van der Waals surface area contributed by atoms with Gasteiger partial charge in [0, 0.05) is 23.5 Å². The number of benzene rings is 1. The number of nitrogens with one attached hydrogen (secondary N) is 2. The molecule has 0 radical (unpaired) electrons. The first kappa shape index (κ1) is 11.5. The van der Waals surface area contributed by atoms with Crippen LogP contribution in [-0.2, 0) is 6.42 Å². The molecule has 0 aliphatic carbocycles. The van der Waals surface area contributed by atoms with E-state index >= 15 is 0 Å². The van der Waals surface area contributed by atoms with Gasteiger partial charge in [-0.25, -0.2) is 4.98 Å². The van der Waals surface area contributed by atoms with Crippen molar-refractivity contribution in [2.24, 2.45) is 0 Å². The second kappa shape index (κ2) is 4.28. The minimum absolute atomic E-state index is 0.130. The van der Waals surface area contributed by atoms with E-state index < -0.39 is 0 Å². The third kappa shape index (κ3) is 1.99. The van der Waals surface area contributed by atoms with Crippen LogP contribution in [0.2, 0.25) is 0 Å². The largest absolute Gasteiger partial charge is 0.492 e. The lowest BCUT2D eigenvalue weighted by Gasteiger charge is -2.02. The minimum atomic E-state index is -0.263. The SMILES string of the molecule is Cc1[nH]c(=O)c(Cc2c[nH]c3ccccc23)nc1O. The van der Waals surface area contributed by atoms with Gasteiger partial charge in [-0.1, -0.05) is 18.2 Å².